The van der Waals surface area contributed by atoms with Crippen LogP contribution in [0.5, 0.6) is 17.4 Å². The zero-order valence-electron chi connectivity index (χ0n) is 12.5. The molecule has 0 unspecified atom stereocenters. The molecule has 24 heavy (non-hydrogen) atoms. The van der Waals surface area contributed by atoms with Crippen LogP contribution >= 0.6 is 12.2 Å². The number of nitrogens with zero attached hydrogens (tertiary/aromatic N) is 3. The molecule has 0 saturated heterocycles. The Hall–Kier alpha value is -3.27. The van der Waals surface area contributed by atoms with E-state index in [9.17, 15) is 10.1 Å². The second-order valence-electron chi connectivity index (χ2n) is 4.36. The summed E-state index contributed by atoms with van der Waals surface area (Å²) < 4.78 is 10.8. The molecular formula is C14H13N5O4S. The van der Waals surface area contributed by atoms with Crippen molar-refractivity contribution in [2.45, 2.75) is 0 Å². The van der Waals surface area contributed by atoms with Crippen molar-refractivity contribution in [3.8, 4) is 17.4 Å². The number of nitro groups is 1. The molecule has 0 aliphatic heterocycles. The number of ether oxygens (including phenoxy) is 2. The van der Waals surface area contributed by atoms with Crippen LogP contribution in [0.4, 0.5) is 5.69 Å². The third kappa shape index (κ3) is 4.61. The normalized spacial score (nSPS) is 10.4. The Morgan fingerprint density at radius 1 is 1.42 bits per heavy atom. The molecule has 2 aromatic rings. The van der Waals surface area contributed by atoms with Gasteiger partial charge in [0.1, 0.15) is 6.20 Å². The second kappa shape index (κ2) is 7.83. The molecule has 0 amide bonds. The van der Waals surface area contributed by atoms with Crippen LogP contribution in [0.25, 0.3) is 0 Å². The van der Waals surface area contributed by atoms with Gasteiger partial charge in [-0.25, -0.2) is 4.98 Å². The standard InChI is InChI=1S/C14H13N5O4S/c1-22-12-6-9(7-17-18-14(15)24)2-4-11(12)23-13-5-3-10(8-16-13)19(20)21/h2-8H,1H3,(H3,15,18,24)/b17-7+. The van der Waals surface area contributed by atoms with Crippen molar-refractivity contribution in [2.24, 2.45) is 10.8 Å². The fourth-order valence-electron chi connectivity index (χ4n) is 1.67. The van der Waals surface area contributed by atoms with Gasteiger partial charge in [-0.3, -0.25) is 15.5 Å². The van der Waals surface area contributed by atoms with E-state index in [1.165, 1.54) is 25.5 Å². The number of hydrogen-bond donors (Lipinski definition) is 2. The Bertz CT molecular complexity index is 779. The van der Waals surface area contributed by atoms with Crippen LogP contribution < -0.4 is 20.6 Å². The van der Waals surface area contributed by atoms with Gasteiger partial charge in [0.05, 0.1) is 18.2 Å². The first-order chi connectivity index (χ1) is 11.5. The van der Waals surface area contributed by atoms with Crippen LogP contribution in [0.3, 0.4) is 0 Å². The number of nitrogens with one attached hydrogen (secondary N) is 1. The van der Waals surface area contributed by atoms with Crippen LogP contribution in [0.1, 0.15) is 5.56 Å². The average molecular weight is 347 g/mol. The number of thiocarbonyl (C=S) groups is 1. The highest BCUT2D eigenvalue weighted by molar-refractivity contribution is 7.80. The summed E-state index contributed by atoms with van der Waals surface area (Å²) in [4.78, 5) is 14.0. The van der Waals surface area contributed by atoms with E-state index in [1.54, 1.807) is 18.2 Å². The van der Waals surface area contributed by atoms with E-state index >= 15 is 0 Å². The molecule has 0 saturated carbocycles. The predicted octanol–water partition coefficient (Wildman–Crippen LogP) is 1.96. The van der Waals surface area contributed by atoms with Crippen molar-refractivity contribution in [1.29, 1.82) is 0 Å². The molecule has 9 nitrogen and oxygen atoms in total. The molecule has 1 aromatic heterocycles. The summed E-state index contributed by atoms with van der Waals surface area (Å²) in [5.74, 6) is 1.04. The molecule has 3 N–H and O–H groups in total. The van der Waals surface area contributed by atoms with Crippen molar-refractivity contribution >= 4 is 29.2 Å². The minimum Gasteiger partial charge on any atom is -0.493 e. The van der Waals surface area contributed by atoms with Crippen molar-refractivity contribution in [1.82, 2.24) is 10.4 Å². The molecule has 1 aromatic carbocycles. The largest absolute Gasteiger partial charge is 0.493 e. The van der Waals surface area contributed by atoms with Crippen LogP contribution in [0.15, 0.2) is 41.6 Å². The Morgan fingerprint density at radius 3 is 2.79 bits per heavy atom. The number of aromatic nitrogens is 1. The smallest absolute Gasteiger partial charge is 0.287 e. The predicted molar refractivity (Wildman–Crippen MR) is 91.5 cm³/mol. The van der Waals surface area contributed by atoms with E-state index in [4.69, 9.17) is 15.2 Å². The first-order valence-electron chi connectivity index (χ1n) is 6.54. The lowest BCUT2D eigenvalue weighted by Crippen LogP contribution is -2.23. The summed E-state index contributed by atoms with van der Waals surface area (Å²) in [6, 6.07) is 7.78. The third-order valence-electron chi connectivity index (χ3n) is 2.72. The molecule has 10 heteroatoms. The van der Waals surface area contributed by atoms with Gasteiger partial charge in [-0.2, -0.15) is 5.10 Å². The molecule has 0 radical (unpaired) electrons. The number of rotatable bonds is 6. The number of hydrazone groups is 1. The lowest BCUT2D eigenvalue weighted by atomic mass is 10.2. The van der Waals surface area contributed by atoms with Crippen LogP contribution in [0, 0.1) is 10.1 Å². The third-order valence-corrected chi connectivity index (χ3v) is 2.81. The number of nitrogens with two attached hydrogens (primary N) is 1. The number of pyridine rings is 1. The maximum atomic E-state index is 10.6. The van der Waals surface area contributed by atoms with Gasteiger partial charge in [-0.15, -0.1) is 0 Å². The first-order valence-corrected chi connectivity index (χ1v) is 6.95. The summed E-state index contributed by atoms with van der Waals surface area (Å²) in [6.45, 7) is 0. The van der Waals surface area contributed by atoms with E-state index in [0.29, 0.717) is 11.5 Å². The molecule has 124 valence electrons. The monoisotopic (exact) mass is 347 g/mol. The van der Waals surface area contributed by atoms with Gasteiger partial charge < -0.3 is 15.2 Å². The Balaban J connectivity index is 2.16. The number of methoxy groups -OCH3 is 1. The van der Waals surface area contributed by atoms with E-state index in [1.807, 2.05) is 0 Å². The maximum Gasteiger partial charge on any atom is 0.287 e. The Morgan fingerprint density at radius 2 is 2.21 bits per heavy atom. The molecular weight excluding hydrogens is 334 g/mol. The van der Waals surface area contributed by atoms with E-state index < -0.39 is 4.92 Å². The molecule has 0 bridgehead atoms. The highest BCUT2D eigenvalue weighted by Gasteiger charge is 2.10. The molecule has 0 fully saturated rings. The van der Waals surface area contributed by atoms with Crippen molar-refractivity contribution in [2.75, 3.05) is 7.11 Å². The van der Waals surface area contributed by atoms with E-state index in [0.717, 1.165) is 11.8 Å². The topological polar surface area (TPSA) is 125 Å². The molecule has 0 spiro atoms. The molecule has 0 aliphatic carbocycles. The minimum atomic E-state index is -0.535. The van der Waals surface area contributed by atoms with Gasteiger partial charge in [0, 0.05) is 12.1 Å². The lowest BCUT2D eigenvalue weighted by molar-refractivity contribution is -0.385. The summed E-state index contributed by atoms with van der Waals surface area (Å²) in [5, 5.41) is 14.5. The lowest BCUT2D eigenvalue weighted by Gasteiger charge is -2.10. The van der Waals surface area contributed by atoms with Gasteiger partial charge >= 0.3 is 0 Å². The fourth-order valence-corrected chi connectivity index (χ4v) is 1.73. The zero-order valence-corrected chi connectivity index (χ0v) is 13.3. The highest BCUT2D eigenvalue weighted by Crippen LogP contribution is 2.31. The zero-order chi connectivity index (χ0) is 17.5. The second-order valence-corrected chi connectivity index (χ2v) is 4.80. The molecule has 1 heterocycles. The molecule has 2 rings (SSSR count). The van der Waals surface area contributed by atoms with Gasteiger partial charge in [0.15, 0.2) is 16.6 Å². The highest BCUT2D eigenvalue weighted by atomic mass is 32.1. The summed E-state index contributed by atoms with van der Waals surface area (Å²) in [5.41, 5.74) is 8.31. The maximum absolute atomic E-state index is 10.6. The van der Waals surface area contributed by atoms with Crippen molar-refractivity contribution in [3.05, 3.63) is 52.2 Å². The first kappa shape index (κ1) is 17.1. The van der Waals surface area contributed by atoms with Gasteiger partial charge in [-0.05, 0) is 36.0 Å². The minimum absolute atomic E-state index is 0.0578. The van der Waals surface area contributed by atoms with Gasteiger partial charge in [0.2, 0.25) is 5.88 Å². The van der Waals surface area contributed by atoms with Gasteiger partial charge in [-0.1, -0.05) is 0 Å². The Kier molecular flexibility index (Phi) is 5.58. The van der Waals surface area contributed by atoms with Crippen LogP contribution in [-0.2, 0) is 0 Å². The molecule has 0 aliphatic rings. The van der Waals surface area contributed by atoms with Crippen LogP contribution in [0.2, 0.25) is 0 Å². The molecule has 0 atom stereocenters. The van der Waals surface area contributed by atoms with Crippen LogP contribution in [-0.4, -0.2) is 28.3 Å². The summed E-state index contributed by atoms with van der Waals surface area (Å²) >= 11 is 4.64. The van der Waals surface area contributed by atoms with Crippen molar-refractivity contribution in [3.63, 3.8) is 0 Å². The van der Waals surface area contributed by atoms with E-state index in [2.05, 4.69) is 27.7 Å². The summed E-state index contributed by atoms with van der Waals surface area (Å²) in [6.07, 6.45) is 2.62. The fraction of sp³-hybridized carbons (Fsp3) is 0.0714. The average Bonchev–Trinajstić information content (AvgIpc) is 2.56. The number of hydrogen-bond acceptors (Lipinski definition) is 7. The quantitative estimate of drug-likeness (QED) is 0.351. The van der Waals surface area contributed by atoms with E-state index in [-0.39, 0.29) is 16.7 Å². The number of benzene rings is 1. The summed E-state index contributed by atoms with van der Waals surface area (Å²) in [7, 11) is 1.49. The van der Waals surface area contributed by atoms with Gasteiger partial charge in [0.25, 0.3) is 5.69 Å². The van der Waals surface area contributed by atoms with Crippen molar-refractivity contribution < 1.29 is 14.4 Å². The Labute approximate surface area is 142 Å². The SMILES string of the molecule is COc1cc(/C=N/NC(N)=S)ccc1Oc1ccc([N+](=O)[O-])cn1.